The second-order valence-corrected chi connectivity index (χ2v) is 11.6. The fourth-order valence-corrected chi connectivity index (χ4v) is 4.71. The van der Waals surface area contributed by atoms with Crippen LogP contribution in [0.4, 0.5) is 0 Å². The molecule has 0 radical (unpaired) electrons. The lowest BCUT2D eigenvalue weighted by Crippen LogP contribution is -2.43. The van der Waals surface area contributed by atoms with Gasteiger partial charge in [-0.05, 0) is 44.3 Å². The summed E-state index contributed by atoms with van der Waals surface area (Å²) in [4.78, 5) is 63.0. The predicted octanol–water partition coefficient (Wildman–Crippen LogP) is 3.73. The van der Waals surface area contributed by atoms with Gasteiger partial charge in [-0.2, -0.15) is 0 Å². The van der Waals surface area contributed by atoms with Crippen molar-refractivity contribution < 1.29 is 38.6 Å². The molecule has 5 atom stereocenters. The predicted molar refractivity (Wildman–Crippen MR) is 167 cm³/mol. The number of hydrogen-bond donors (Lipinski definition) is 3. The highest BCUT2D eigenvalue weighted by atomic mass is 16.5. The van der Waals surface area contributed by atoms with Crippen LogP contribution in [0.25, 0.3) is 0 Å². The van der Waals surface area contributed by atoms with Gasteiger partial charge in [0, 0.05) is 37.5 Å². The van der Waals surface area contributed by atoms with Crippen LogP contribution in [0.5, 0.6) is 0 Å². The summed E-state index contributed by atoms with van der Waals surface area (Å²) in [5, 5.41) is 16.4. The summed E-state index contributed by atoms with van der Waals surface area (Å²) >= 11 is 0. The van der Waals surface area contributed by atoms with Crippen molar-refractivity contribution in [1.82, 2.24) is 10.6 Å². The Balaban J connectivity index is 2.31. The molecule has 10 heteroatoms. The third-order valence-corrected chi connectivity index (χ3v) is 7.29. The van der Waals surface area contributed by atoms with Crippen molar-refractivity contribution in [2.75, 3.05) is 7.11 Å². The van der Waals surface area contributed by atoms with Crippen LogP contribution in [0.3, 0.4) is 0 Å². The van der Waals surface area contributed by atoms with Gasteiger partial charge in [0.25, 0.3) is 0 Å². The number of carbonyl (C=O) groups is 5. The maximum atomic E-state index is 13.0. The zero-order valence-corrected chi connectivity index (χ0v) is 26.5. The summed E-state index contributed by atoms with van der Waals surface area (Å²) in [6, 6.07) is -0.862. The first-order valence-electron chi connectivity index (χ1n) is 15.0. The highest BCUT2D eigenvalue weighted by Gasteiger charge is 2.30. The lowest BCUT2D eigenvalue weighted by Gasteiger charge is -2.29. The van der Waals surface area contributed by atoms with Crippen LogP contribution < -0.4 is 10.6 Å². The molecule has 0 aromatic heterocycles. The first kappa shape index (κ1) is 36.3. The van der Waals surface area contributed by atoms with Crippen LogP contribution in [0.15, 0.2) is 71.5 Å². The number of Topliss-reactive ketones (excluding diaryl/α,β-unsaturated/α-hetero) is 1. The van der Waals surface area contributed by atoms with E-state index in [4.69, 9.17) is 9.47 Å². The quantitative estimate of drug-likeness (QED) is 0.234. The van der Waals surface area contributed by atoms with Crippen molar-refractivity contribution in [3.63, 3.8) is 0 Å². The van der Waals surface area contributed by atoms with Gasteiger partial charge >= 0.3 is 5.97 Å². The molecule has 44 heavy (non-hydrogen) atoms. The van der Waals surface area contributed by atoms with Crippen molar-refractivity contribution in [2.24, 2.45) is 11.8 Å². The van der Waals surface area contributed by atoms with Crippen molar-refractivity contribution in [3.05, 3.63) is 71.5 Å². The van der Waals surface area contributed by atoms with Gasteiger partial charge in [-0.3, -0.25) is 19.2 Å². The van der Waals surface area contributed by atoms with Crippen LogP contribution >= 0.6 is 0 Å². The van der Waals surface area contributed by atoms with Gasteiger partial charge in [0.05, 0.1) is 24.3 Å². The molecule has 0 saturated carbocycles. The molecule has 2 rings (SSSR count). The molecule has 2 amide bonds. The molecule has 0 unspecified atom stereocenters. The number of carbonyl (C=O) groups excluding carboxylic acids is 5. The summed E-state index contributed by atoms with van der Waals surface area (Å²) in [5.74, 6) is -2.52. The number of rotatable bonds is 6. The minimum absolute atomic E-state index is 0.0599. The van der Waals surface area contributed by atoms with Crippen molar-refractivity contribution in [3.8, 4) is 0 Å². The monoisotopic (exact) mass is 610 g/mol. The third kappa shape index (κ3) is 12.0. The molecule has 2 aliphatic rings. The van der Waals surface area contributed by atoms with E-state index in [1.165, 1.54) is 13.2 Å². The van der Waals surface area contributed by atoms with Crippen LogP contribution in [-0.2, 0) is 33.4 Å². The third-order valence-electron chi connectivity index (χ3n) is 7.29. The number of methoxy groups -OCH3 is 1. The number of aliphatic hydroxyl groups is 1. The van der Waals surface area contributed by atoms with Gasteiger partial charge in [0.2, 0.25) is 17.6 Å². The molecule has 1 aliphatic carbocycles. The van der Waals surface area contributed by atoms with Gasteiger partial charge in [-0.15, -0.1) is 0 Å². The van der Waals surface area contributed by atoms with E-state index in [1.54, 1.807) is 57.2 Å². The van der Waals surface area contributed by atoms with Crippen molar-refractivity contribution >= 4 is 29.4 Å². The summed E-state index contributed by atoms with van der Waals surface area (Å²) in [5.41, 5.74) is 0.784. The van der Waals surface area contributed by atoms with E-state index < -0.39 is 53.7 Å². The minimum atomic E-state index is -0.974. The first-order chi connectivity index (χ1) is 20.8. The molecule has 1 heterocycles. The standard InChI is InChI=1S/C34H46N2O8/c1-21(2)17-30(38)35-24(5)34(42)44-29-16-11-9-7-8-10-15-27(43-6)20-31(39)36-28-19-26(37)18-25(33(28)41)14-12-13-22(3)32(40)23(29)4/h7-11,13,15,18-19,21,23-24,27,29,32,40H,12,14,16-17,20H2,1-6H3,(H,35,38)(H,36,39)/b8-7-,11-9-,15-10-,22-13-/t23-,24+,27-,29-,32-/m0/s1. The molecular weight excluding hydrogens is 564 g/mol. The van der Waals surface area contributed by atoms with Gasteiger partial charge in [-0.1, -0.05) is 63.3 Å². The van der Waals surface area contributed by atoms with E-state index >= 15 is 0 Å². The Labute approximate surface area is 260 Å². The molecule has 240 valence electrons. The van der Waals surface area contributed by atoms with E-state index in [0.29, 0.717) is 18.4 Å². The number of allylic oxidation sites excluding steroid dienone is 8. The molecule has 0 saturated heterocycles. The summed E-state index contributed by atoms with van der Waals surface area (Å²) < 4.78 is 11.2. The zero-order valence-electron chi connectivity index (χ0n) is 26.5. The molecule has 3 N–H and O–H groups in total. The van der Waals surface area contributed by atoms with Gasteiger partial charge < -0.3 is 25.2 Å². The number of hydrogen-bond acceptors (Lipinski definition) is 8. The van der Waals surface area contributed by atoms with Crippen molar-refractivity contribution in [2.45, 2.75) is 91.1 Å². The Kier molecular flexibility index (Phi) is 14.9. The van der Waals surface area contributed by atoms with Crippen LogP contribution in [-0.4, -0.2) is 65.9 Å². The Morgan fingerprint density at radius 1 is 1.09 bits per heavy atom. The largest absolute Gasteiger partial charge is 0.460 e. The molecule has 0 aromatic rings. The number of ether oxygens (including phenoxy) is 2. The topological polar surface area (TPSA) is 148 Å². The average Bonchev–Trinajstić information content (AvgIpc) is 2.95. The Morgan fingerprint density at radius 3 is 2.48 bits per heavy atom. The minimum Gasteiger partial charge on any atom is -0.460 e. The Bertz CT molecular complexity index is 1250. The van der Waals surface area contributed by atoms with E-state index in [2.05, 4.69) is 10.6 Å². The number of aliphatic hydroxyl groups excluding tert-OH is 1. The fourth-order valence-electron chi connectivity index (χ4n) is 4.71. The van der Waals surface area contributed by atoms with E-state index in [1.807, 2.05) is 19.9 Å². The Morgan fingerprint density at radius 2 is 1.80 bits per heavy atom. The van der Waals surface area contributed by atoms with Crippen LogP contribution in [0.1, 0.15) is 66.7 Å². The van der Waals surface area contributed by atoms with E-state index in [-0.39, 0.29) is 42.4 Å². The number of nitrogens with one attached hydrogen (secondary N) is 2. The summed E-state index contributed by atoms with van der Waals surface area (Å²) in [7, 11) is 1.46. The molecule has 1 aliphatic heterocycles. The second-order valence-electron chi connectivity index (χ2n) is 11.6. The van der Waals surface area contributed by atoms with Gasteiger partial charge in [-0.25, -0.2) is 4.79 Å². The maximum Gasteiger partial charge on any atom is 0.328 e. The van der Waals surface area contributed by atoms with Crippen LogP contribution in [0, 0.1) is 11.8 Å². The van der Waals surface area contributed by atoms with E-state index in [0.717, 1.165) is 6.08 Å². The average molecular weight is 611 g/mol. The maximum absolute atomic E-state index is 13.0. The Hall–Kier alpha value is -3.89. The molecule has 0 spiro atoms. The highest BCUT2D eigenvalue weighted by Crippen LogP contribution is 2.24. The molecule has 0 aromatic carbocycles. The van der Waals surface area contributed by atoms with Gasteiger partial charge in [0.1, 0.15) is 12.1 Å². The molecular formula is C34H46N2O8. The van der Waals surface area contributed by atoms with Crippen LogP contribution in [0.2, 0.25) is 0 Å². The summed E-state index contributed by atoms with van der Waals surface area (Å²) in [6.45, 7) is 8.91. The fraction of sp³-hybridized carbons (Fsp3) is 0.500. The lowest BCUT2D eigenvalue weighted by molar-refractivity contribution is -0.156. The molecule has 10 nitrogen and oxygen atoms in total. The molecule has 2 bridgehead atoms. The number of ketones is 2. The normalized spacial score (nSPS) is 28.2. The van der Waals surface area contributed by atoms with Gasteiger partial charge in [0.15, 0.2) is 5.78 Å². The van der Waals surface area contributed by atoms with Crippen molar-refractivity contribution in [1.29, 1.82) is 0 Å². The highest BCUT2D eigenvalue weighted by molar-refractivity contribution is 6.21. The number of esters is 1. The first-order valence-corrected chi connectivity index (χ1v) is 15.0. The SMILES string of the molecule is CO[C@H]1\C=C/C=C\C=C/C[C@H](OC(=O)[C@@H](C)NC(=O)CC(C)C)[C@H](C)[C@@H](O)/C(C)=C\CCC2=CC(=O)C=C(NC(=O)C1)C2=O. The molecule has 0 fully saturated rings. The lowest BCUT2D eigenvalue weighted by atomic mass is 9.90. The van der Waals surface area contributed by atoms with E-state index in [9.17, 15) is 29.1 Å². The second kappa shape index (κ2) is 18.0. The summed E-state index contributed by atoms with van der Waals surface area (Å²) in [6.07, 6.45) is 13.5. The number of amides is 2. The number of fused-ring (bicyclic) bond motifs is 2. The smallest absolute Gasteiger partial charge is 0.328 e. The zero-order chi connectivity index (χ0) is 32.8.